The van der Waals surface area contributed by atoms with Gasteiger partial charge in [0.05, 0.1) is 28.3 Å². The van der Waals surface area contributed by atoms with Crippen LogP contribution in [0.3, 0.4) is 0 Å². The molecule has 0 spiro atoms. The maximum atomic E-state index is 14.2. The van der Waals surface area contributed by atoms with E-state index in [0.29, 0.717) is 44.7 Å². The van der Waals surface area contributed by atoms with Crippen molar-refractivity contribution in [3.05, 3.63) is 168 Å². The summed E-state index contributed by atoms with van der Waals surface area (Å²) in [6, 6.07) is 48.1. The summed E-state index contributed by atoms with van der Waals surface area (Å²) in [5, 5.41) is 11.8. The van der Waals surface area contributed by atoms with Crippen LogP contribution in [-0.2, 0) is 21.3 Å². The molecule has 0 radical (unpaired) electrons. The first-order valence-electron chi connectivity index (χ1n) is 17.8. The molecule has 6 heterocycles. The van der Waals surface area contributed by atoms with Gasteiger partial charge in [0, 0.05) is 12.6 Å². The molecule has 7 nitrogen and oxygen atoms in total. The first-order valence-corrected chi connectivity index (χ1v) is 17.8. The summed E-state index contributed by atoms with van der Waals surface area (Å²) >= 11 is 0. The SMILES string of the molecule is CN1C(=O)C2=C(c3nc2c(-c2ccccc2)c2ccc([n-]2)c(-c2ccccc2)c2nc(c(-c4ccccc4)c4ccc([n-]4)c3-c3ccccc3)C=C2)C1O.[Ni+2]. The second-order valence-electron chi connectivity index (χ2n) is 13.5. The van der Waals surface area contributed by atoms with Gasteiger partial charge < -0.3 is 20.0 Å². The summed E-state index contributed by atoms with van der Waals surface area (Å²) < 4.78 is 0. The third kappa shape index (κ3) is 5.57. The Hall–Kier alpha value is -6.60. The van der Waals surface area contributed by atoms with Crippen molar-refractivity contribution in [2.24, 2.45) is 0 Å². The van der Waals surface area contributed by atoms with Gasteiger partial charge in [0.25, 0.3) is 5.91 Å². The van der Waals surface area contributed by atoms with Crippen molar-refractivity contribution in [2.75, 3.05) is 7.05 Å². The normalized spacial score (nSPS) is 14.6. The van der Waals surface area contributed by atoms with E-state index >= 15 is 0 Å². The van der Waals surface area contributed by atoms with Crippen molar-refractivity contribution in [1.82, 2.24) is 24.8 Å². The molecule has 0 fully saturated rings. The molecule has 8 bridgehead atoms. The van der Waals surface area contributed by atoms with E-state index in [1.807, 2.05) is 127 Å². The molecule has 3 aromatic heterocycles. The number of fused-ring (bicyclic) bond motifs is 10. The van der Waals surface area contributed by atoms with E-state index in [4.69, 9.17) is 19.9 Å². The van der Waals surface area contributed by atoms with Crippen molar-refractivity contribution in [3.63, 3.8) is 0 Å². The molecule has 0 saturated heterocycles. The molecule has 0 saturated carbocycles. The summed E-state index contributed by atoms with van der Waals surface area (Å²) in [6.07, 6.45) is 2.89. The number of hydrogen-bond acceptors (Lipinski definition) is 4. The van der Waals surface area contributed by atoms with E-state index < -0.39 is 6.23 Å². The number of nitrogens with zero attached hydrogens (tertiary/aromatic N) is 5. The van der Waals surface area contributed by atoms with Crippen molar-refractivity contribution in [2.45, 2.75) is 6.23 Å². The number of carbonyl (C=O) groups excluding carboxylic acids is 1. The zero-order valence-electron chi connectivity index (χ0n) is 29.5. The molecule has 3 aliphatic heterocycles. The topological polar surface area (TPSA) is 94.5 Å². The third-order valence-corrected chi connectivity index (χ3v) is 10.3. The molecule has 0 aliphatic carbocycles. The fourth-order valence-corrected chi connectivity index (χ4v) is 7.80. The Morgan fingerprint density at radius 2 is 0.873 bits per heavy atom. The number of carbonyl (C=O) groups is 1. The summed E-state index contributed by atoms with van der Waals surface area (Å²) in [4.78, 5) is 36.9. The maximum Gasteiger partial charge on any atom is 2.00 e. The van der Waals surface area contributed by atoms with Crippen LogP contribution >= 0.6 is 0 Å². The summed E-state index contributed by atoms with van der Waals surface area (Å²) in [6.45, 7) is 0. The van der Waals surface area contributed by atoms with Crippen LogP contribution in [0.2, 0.25) is 0 Å². The smallest absolute Gasteiger partial charge is 0.657 e. The number of amides is 1. The molecule has 4 aromatic carbocycles. The zero-order valence-corrected chi connectivity index (χ0v) is 30.5. The van der Waals surface area contributed by atoms with E-state index in [1.54, 1.807) is 7.05 Å². The molecule has 1 amide bonds. The first-order chi connectivity index (χ1) is 26.5. The van der Waals surface area contributed by atoms with E-state index in [0.717, 1.165) is 55.8 Å². The van der Waals surface area contributed by atoms with Crippen LogP contribution in [0, 0.1) is 0 Å². The number of aromatic nitrogens is 4. The molecule has 7 aromatic rings. The minimum Gasteiger partial charge on any atom is -0.657 e. The Kier molecular flexibility index (Phi) is 8.50. The average Bonchev–Trinajstić information content (AvgIpc) is 4.07. The number of hydrogen-bond donors (Lipinski definition) is 1. The van der Waals surface area contributed by atoms with Gasteiger partial charge in [-0.2, -0.15) is 0 Å². The molecule has 8 heteroatoms. The van der Waals surface area contributed by atoms with Crippen LogP contribution in [0.25, 0.3) is 89.9 Å². The van der Waals surface area contributed by atoms with E-state index in [2.05, 4.69) is 30.3 Å². The van der Waals surface area contributed by atoms with Crippen molar-refractivity contribution in [1.29, 1.82) is 0 Å². The summed E-state index contributed by atoms with van der Waals surface area (Å²) in [5.41, 5.74) is 12.9. The minimum absolute atomic E-state index is 0. The monoisotopic (exact) mass is 755 g/mol. The number of likely N-dealkylation sites (N-methyl/N-ethyl adjacent to an activating group) is 1. The fourth-order valence-electron chi connectivity index (χ4n) is 7.80. The molecule has 3 aliphatic rings. The van der Waals surface area contributed by atoms with Crippen LogP contribution in [0.15, 0.2) is 146 Å². The van der Waals surface area contributed by atoms with Crippen molar-refractivity contribution >= 4 is 51.3 Å². The van der Waals surface area contributed by atoms with Crippen LogP contribution in [-0.4, -0.2) is 39.2 Å². The van der Waals surface area contributed by atoms with Gasteiger partial charge in [0.15, 0.2) is 6.23 Å². The second-order valence-corrected chi connectivity index (χ2v) is 13.5. The molecule has 266 valence electrons. The average molecular weight is 756 g/mol. The second kappa shape index (κ2) is 13.7. The van der Waals surface area contributed by atoms with Crippen LogP contribution < -0.4 is 9.97 Å². The van der Waals surface area contributed by atoms with Gasteiger partial charge in [0.2, 0.25) is 0 Å². The van der Waals surface area contributed by atoms with Gasteiger partial charge in [0.1, 0.15) is 0 Å². The van der Waals surface area contributed by atoms with Gasteiger partial charge in [-0.05, 0) is 56.7 Å². The predicted molar refractivity (Wildman–Crippen MR) is 215 cm³/mol. The quantitative estimate of drug-likeness (QED) is 0.180. The Balaban J connectivity index is 0.00000397. The van der Waals surface area contributed by atoms with Gasteiger partial charge in [-0.15, -0.1) is 22.1 Å². The molecule has 55 heavy (non-hydrogen) atoms. The van der Waals surface area contributed by atoms with Crippen molar-refractivity contribution in [3.8, 4) is 44.5 Å². The third-order valence-electron chi connectivity index (χ3n) is 10.3. The fraction of sp³-hybridized carbons (Fsp3) is 0.0426. The van der Waals surface area contributed by atoms with Gasteiger partial charge in [-0.1, -0.05) is 146 Å². The van der Waals surface area contributed by atoms with Crippen LogP contribution in [0.5, 0.6) is 0 Å². The standard InChI is InChI=1S/C47H32N5O2.Ni/c1-52-46(53)42-43(47(52)54)45-41(31-20-12-5-13-21-31)37-27-25-35(50-37)39(29-16-8-3-9-17-29)33-23-22-32(48-33)38(28-14-6-2-7-15-28)34-24-26-36(49-34)40(44(42)51-45)30-18-10-4-11-19-30;/h2-27,46,53H,1H3,(H-,48,49,50,51,54);/q-1;+2/p-1. The Bertz CT molecular complexity index is 2860. The zero-order chi connectivity index (χ0) is 36.3. The van der Waals surface area contributed by atoms with Gasteiger partial charge in [-0.25, -0.2) is 9.97 Å². The largest absolute Gasteiger partial charge is 2.00 e. The van der Waals surface area contributed by atoms with Gasteiger partial charge in [-0.3, -0.25) is 4.79 Å². The molecule has 1 N–H and O–H groups in total. The Labute approximate surface area is 327 Å². The maximum absolute atomic E-state index is 14.2. The predicted octanol–water partition coefficient (Wildman–Crippen LogP) is 9.11. The van der Waals surface area contributed by atoms with Crippen LogP contribution in [0.4, 0.5) is 0 Å². The van der Waals surface area contributed by atoms with E-state index in [-0.39, 0.29) is 22.4 Å². The van der Waals surface area contributed by atoms with E-state index in [1.165, 1.54) is 4.90 Å². The number of rotatable bonds is 4. The molecular weight excluding hydrogens is 725 g/mol. The molecule has 1 atom stereocenters. The molecule has 10 rings (SSSR count). The van der Waals surface area contributed by atoms with Crippen molar-refractivity contribution < 1.29 is 26.4 Å². The summed E-state index contributed by atoms with van der Waals surface area (Å²) in [5.74, 6) is -0.308. The number of benzene rings is 4. The number of aliphatic hydroxyl groups is 1. The van der Waals surface area contributed by atoms with Crippen LogP contribution in [0.1, 0.15) is 22.8 Å². The number of aliphatic hydroxyl groups excluding tert-OH is 1. The minimum atomic E-state index is -1.21. The Morgan fingerprint density at radius 1 is 0.509 bits per heavy atom. The van der Waals surface area contributed by atoms with E-state index in [9.17, 15) is 9.90 Å². The first kappa shape index (κ1) is 34.2. The molecular formula is C47H31N5NiO2. The van der Waals surface area contributed by atoms with Gasteiger partial charge >= 0.3 is 16.5 Å². The molecule has 1 unspecified atom stereocenters. The summed E-state index contributed by atoms with van der Waals surface area (Å²) in [7, 11) is 1.62. The Morgan fingerprint density at radius 3 is 1.29 bits per heavy atom.